The molecule has 1 saturated carbocycles. The van der Waals surface area contributed by atoms with Crippen molar-refractivity contribution in [2.24, 2.45) is 5.92 Å². The Hall–Kier alpha value is -2.73. The van der Waals surface area contributed by atoms with Gasteiger partial charge in [-0.25, -0.2) is 0 Å². The first-order valence-electron chi connectivity index (χ1n) is 10.9. The van der Waals surface area contributed by atoms with Crippen LogP contribution in [0, 0.1) is 5.92 Å². The summed E-state index contributed by atoms with van der Waals surface area (Å²) in [5.74, 6) is 1.36. The lowest BCUT2D eigenvalue weighted by Crippen LogP contribution is -2.47. The molecule has 0 radical (unpaired) electrons. The largest absolute Gasteiger partial charge is 0.486 e. The third kappa shape index (κ3) is 3.97. The highest BCUT2D eigenvalue weighted by atomic mass is 35.5. The molecule has 3 unspecified atom stereocenters. The first kappa shape index (κ1) is 20.2. The second kappa shape index (κ2) is 8.42. The topological polar surface area (TPSA) is 67.9 Å². The highest BCUT2D eigenvalue weighted by molar-refractivity contribution is 6.31. The van der Waals surface area contributed by atoms with Gasteiger partial charge < -0.3 is 19.7 Å². The molecule has 2 heterocycles. The van der Waals surface area contributed by atoms with Gasteiger partial charge in [0.25, 0.3) is 5.91 Å². The van der Waals surface area contributed by atoms with Crippen molar-refractivity contribution in [3.8, 4) is 11.5 Å². The molecule has 31 heavy (non-hydrogen) atoms. The Bertz CT molecular complexity index is 1010. The molecule has 0 bridgehead atoms. The fraction of sp³-hybridized carbons (Fsp3) is 0.417. The minimum absolute atomic E-state index is 0.0937. The minimum Gasteiger partial charge on any atom is -0.486 e. The number of likely N-dealkylation sites (tertiary alicyclic amines) is 1. The average molecular weight is 441 g/mol. The molecule has 2 fully saturated rings. The quantitative estimate of drug-likeness (QED) is 0.761. The molecule has 2 amide bonds. The van der Waals surface area contributed by atoms with Gasteiger partial charge >= 0.3 is 0 Å². The molecule has 2 aliphatic heterocycles. The third-order valence-corrected chi connectivity index (χ3v) is 6.74. The molecule has 1 N–H and O–H groups in total. The van der Waals surface area contributed by atoms with E-state index in [9.17, 15) is 9.59 Å². The van der Waals surface area contributed by atoms with E-state index in [-0.39, 0.29) is 17.9 Å². The summed E-state index contributed by atoms with van der Waals surface area (Å²) in [6.07, 6.45) is 4.91. The molecule has 6 nitrogen and oxygen atoms in total. The van der Waals surface area contributed by atoms with Gasteiger partial charge in [0.05, 0.1) is 0 Å². The number of benzene rings is 2. The van der Waals surface area contributed by atoms with Gasteiger partial charge in [0, 0.05) is 28.4 Å². The highest BCUT2D eigenvalue weighted by Crippen LogP contribution is 2.41. The van der Waals surface area contributed by atoms with Crippen LogP contribution in [0.25, 0.3) is 0 Å². The molecule has 7 heteroatoms. The van der Waals surface area contributed by atoms with Crippen molar-refractivity contribution in [2.45, 2.75) is 44.2 Å². The van der Waals surface area contributed by atoms with Crippen LogP contribution in [0.5, 0.6) is 11.5 Å². The molecule has 0 aromatic heterocycles. The van der Waals surface area contributed by atoms with E-state index in [1.54, 1.807) is 42.5 Å². The molecule has 0 spiro atoms. The first-order valence-corrected chi connectivity index (χ1v) is 11.3. The van der Waals surface area contributed by atoms with Gasteiger partial charge in [-0.05, 0) is 55.5 Å². The molecule has 3 atom stereocenters. The summed E-state index contributed by atoms with van der Waals surface area (Å²) in [5.41, 5.74) is 1.16. The Labute approximate surface area is 186 Å². The van der Waals surface area contributed by atoms with E-state index in [2.05, 4.69) is 5.32 Å². The molecule has 2 aromatic rings. The molecular weight excluding hydrogens is 416 g/mol. The van der Waals surface area contributed by atoms with Crippen LogP contribution in [0.4, 0.5) is 5.69 Å². The number of amides is 2. The number of carbonyl (C=O) groups excluding carboxylic acids is 2. The van der Waals surface area contributed by atoms with Gasteiger partial charge in [-0.3, -0.25) is 9.59 Å². The van der Waals surface area contributed by atoms with Gasteiger partial charge in [0.15, 0.2) is 11.5 Å². The van der Waals surface area contributed by atoms with E-state index in [1.807, 2.05) is 4.90 Å². The maximum absolute atomic E-state index is 13.5. The normalized spacial score (nSPS) is 24.4. The average Bonchev–Trinajstić information content (AvgIpc) is 3.18. The Morgan fingerprint density at radius 3 is 2.65 bits per heavy atom. The second-order valence-corrected chi connectivity index (χ2v) is 8.87. The second-order valence-electron chi connectivity index (χ2n) is 8.43. The zero-order valence-corrected chi connectivity index (χ0v) is 17.9. The van der Waals surface area contributed by atoms with E-state index in [0.29, 0.717) is 53.3 Å². The smallest absolute Gasteiger partial charge is 0.254 e. The van der Waals surface area contributed by atoms with Crippen LogP contribution >= 0.6 is 11.6 Å². The monoisotopic (exact) mass is 440 g/mol. The standard InChI is InChI=1S/C24H25ClN2O4/c25-17-6-3-5-16(12-17)24(29)27-19-7-2-1-4-15(19)13-20(27)23(28)26-18-8-9-21-22(14-18)31-11-10-30-21/h3,5-6,8-9,12,14-15,19-20H,1-2,4,7,10-11,13H2,(H,26,28). The third-order valence-electron chi connectivity index (χ3n) is 6.51. The van der Waals surface area contributed by atoms with E-state index < -0.39 is 6.04 Å². The summed E-state index contributed by atoms with van der Waals surface area (Å²) in [6.45, 7) is 1.00. The fourth-order valence-corrected chi connectivity index (χ4v) is 5.29. The summed E-state index contributed by atoms with van der Waals surface area (Å²) in [7, 11) is 0. The van der Waals surface area contributed by atoms with Crippen LogP contribution in [0.1, 0.15) is 42.5 Å². The predicted molar refractivity (Wildman–Crippen MR) is 118 cm³/mol. The Kier molecular flexibility index (Phi) is 5.48. The van der Waals surface area contributed by atoms with Crippen molar-refractivity contribution in [1.29, 1.82) is 0 Å². The van der Waals surface area contributed by atoms with Crippen molar-refractivity contribution in [2.75, 3.05) is 18.5 Å². The molecule has 2 aromatic carbocycles. The maximum atomic E-state index is 13.5. The van der Waals surface area contributed by atoms with Crippen molar-refractivity contribution < 1.29 is 19.1 Å². The molecule has 5 rings (SSSR count). The summed E-state index contributed by atoms with van der Waals surface area (Å²) in [4.78, 5) is 28.6. The van der Waals surface area contributed by atoms with E-state index in [1.165, 1.54) is 0 Å². The summed E-state index contributed by atoms with van der Waals surface area (Å²) >= 11 is 6.13. The van der Waals surface area contributed by atoms with Crippen LogP contribution in [0.15, 0.2) is 42.5 Å². The molecule has 1 saturated heterocycles. The Balaban J connectivity index is 1.40. The van der Waals surface area contributed by atoms with Crippen molar-refractivity contribution in [1.82, 2.24) is 4.90 Å². The van der Waals surface area contributed by atoms with E-state index in [0.717, 1.165) is 25.7 Å². The number of halogens is 1. The molecule has 3 aliphatic rings. The SMILES string of the molecule is O=C(Nc1ccc2c(c1)OCCO2)C1CC2CCCCC2N1C(=O)c1cccc(Cl)c1. The van der Waals surface area contributed by atoms with Gasteiger partial charge in [-0.2, -0.15) is 0 Å². The Morgan fingerprint density at radius 1 is 1.00 bits per heavy atom. The lowest BCUT2D eigenvalue weighted by atomic mass is 9.84. The van der Waals surface area contributed by atoms with Crippen LogP contribution in [0.2, 0.25) is 5.02 Å². The van der Waals surface area contributed by atoms with Crippen LogP contribution in [0.3, 0.4) is 0 Å². The number of nitrogens with one attached hydrogen (secondary N) is 1. The van der Waals surface area contributed by atoms with Crippen molar-refractivity contribution in [3.63, 3.8) is 0 Å². The van der Waals surface area contributed by atoms with Gasteiger partial charge in [-0.15, -0.1) is 0 Å². The number of nitrogens with zero attached hydrogens (tertiary/aromatic N) is 1. The van der Waals surface area contributed by atoms with Gasteiger partial charge in [0.1, 0.15) is 19.3 Å². The van der Waals surface area contributed by atoms with E-state index >= 15 is 0 Å². The number of fused-ring (bicyclic) bond motifs is 2. The zero-order chi connectivity index (χ0) is 21.4. The fourth-order valence-electron chi connectivity index (χ4n) is 5.10. The molecule has 1 aliphatic carbocycles. The number of carbonyl (C=O) groups is 2. The number of ether oxygens (including phenoxy) is 2. The minimum atomic E-state index is -0.507. The van der Waals surface area contributed by atoms with E-state index in [4.69, 9.17) is 21.1 Å². The van der Waals surface area contributed by atoms with Crippen LogP contribution < -0.4 is 14.8 Å². The number of hydrogen-bond donors (Lipinski definition) is 1. The van der Waals surface area contributed by atoms with Gasteiger partial charge in [-0.1, -0.05) is 30.5 Å². The van der Waals surface area contributed by atoms with Crippen molar-refractivity contribution >= 4 is 29.1 Å². The summed E-state index contributed by atoms with van der Waals surface area (Å²) < 4.78 is 11.2. The predicted octanol–water partition coefficient (Wildman–Crippen LogP) is 4.52. The zero-order valence-electron chi connectivity index (χ0n) is 17.2. The lowest BCUT2D eigenvalue weighted by Gasteiger charge is -2.33. The molecular formula is C24H25ClN2O4. The lowest BCUT2D eigenvalue weighted by molar-refractivity contribution is -0.120. The summed E-state index contributed by atoms with van der Waals surface area (Å²) in [6, 6.07) is 11.9. The number of anilines is 1. The first-order chi connectivity index (χ1) is 15.1. The van der Waals surface area contributed by atoms with Crippen LogP contribution in [-0.2, 0) is 4.79 Å². The van der Waals surface area contributed by atoms with Crippen LogP contribution in [-0.4, -0.2) is 42.0 Å². The van der Waals surface area contributed by atoms with Gasteiger partial charge in [0.2, 0.25) is 5.91 Å². The highest BCUT2D eigenvalue weighted by Gasteiger charge is 2.47. The number of hydrogen-bond acceptors (Lipinski definition) is 4. The van der Waals surface area contributed by atoms with Crippen molar-refractivity contribution in [3.05, 3.63) is 53.1 Å². The maximum Gasteiger partial charge on any atom is 0.254 e. The summed E-state index contributed by atoms with van der Waals surface area (Å²) in [5, 5.41) is 3.51. The molecule has 162 valence electrons. The number of rotatable bonds is 3. The Morgan fingerprint density at radius 2 is 1.81 bits per heavy atom.